The molecule has 0 aliphatic carbocycles. The molecule has 1 amide bonds. The predicted molar refractivity (Wildman–Crippen MR) is 112 cm³/mol. The first-order valence-corrected chi connectivity index (χ1v) is 9.21. The van der Waals surface area contributed by atoms with E-state index in [1.807, 2.05) is 36.4 Å². The first-order chi connectivity index (χ1) is 14.0. The number of aromatic nitrogens is 2. The molecule has 144 valence electrons. The van der Waals surface area contributed by atoms with Crippen LogP contribution in [0, 0.1) is 0 Å². The van der Waals surface area contributed by atoms with Crippen molar-refractivity contribution in [3.05, 3.63) is 94.4 Å². The fraction of sp³-hybridized carbons (Fsp3) is 0.0870. The molecule has 4 rings (SSSR count). The number of carbonyl (C=O) groups excluding carboxylic acids is 1. The minimum atomic E-state index is -0.439. The van der Waals surface area contributed by atoms with Crippen LogP contribution in [-0.4, -0.2) is 21.0 Å². The summed E-state index contributed by atoms with van der Waals surface area (Å²) >= 11 is 0. The second-order valence-corrected chi connectivity index (χ2v) is 6.75. The van der Waals surface area contributed by atoms with Gasteiger partial charge in [-0.15, -0.1) is 0 Å². The van der Waals surface area contributed by atoms with Crippen LogP contribution in [0.25, 0.3) is 22.2 Å². The smallest absolute Gasteiger partial charge is 0.256 e. The molecule has 1 atom stereocenters. The Morgan fingerprint density at radius 2 is 1.79 bits per heavy atom. The highest BCUT2D eigenvalue weighted by Gasteiger charge is 2.22. The van der Waals surface area contributed by atoms with Gasteiger partial charge in [0.2, 0.25) is 5.56 Å². The highest BCUT2D eigenvalue weighted by Crippen LogP contribution is 2.35. The Balaban J connectivity index is 1.80. The summed E-state index contributed by atoms with van der Waals surface area (Å²) in [6.45, 7) is 1.78. The molecule has 0 bridgehead atoms. The third kappa shape index (κ3) is 3.60. The van der Waals surface area contributed by atoms with E-state index >= 15 is 0 Å². The van der Waals surface area contributed by atoms with Gasteiger partial charge in [-0.3, -0.25) is 9.59 Å². The number of pyridine rings is 2. The van der Waals surface area contributed by atoms with E-state index < -0.39 is 11.9 Å². The maximum absolute atomic E-state index is 13.1. The highest BCUT2D eigenvalue weighted by atomic mass is 16.3. The number of nitrogens with one attached hydrogen (secondary N) is 2. The lowest BCUT2D eigenvalue weighted by Crippen LogP contribution is -2.28. The predicted octanol–water partition coefficient (Wildman–Crippen LogP) is 3.79. The van der Waals surface area contributed by atoms with E-state index in [4.69, 9.17) is 0 Å². The van der Waals surface area contributed by atoms with Crippen LogP contribution >= 0.6 is 0 Å². The van der Waals surface area contributed by atoms with Gasteiger partial charge in [-0.1, -0.05) is 48.5 Å². The number of rotatable bonds is 4. The van der Waals surface area contributed by atoms with Gasteiger partial charge in [0, 0.05) is 23.2 Å². The van der Waals surface area contributed by atoms with Crippen molar-refractivity contribution in [1.82, 2.24) is 15.3 Å². The molecule has 2 aromatic carbocycles. The van der Waals surface area contributed by atoms with Crippen LogP contribution < -0.4 is 10.9 Å². The Labute approximate surface area is 166 Å². The average molecular weight is 385 g/mol. The number of H-pyrrole nitrogens is 1. The summed E-state index contributed by atoms with van der Waals surface area (Å²) in [5.74, 6) is -0.614. The number of benzene rings is 2. The normalized spacial score (nSPS) is 11.9. The van der Waals surface area contributed by atoms with Gasteiger partial charge in [0.1, 0.15) is 5.69 Å². The summed E-state index contributed by atoms with van der Waals surface area (Å²) in [4.78, 5) is 31.8. The number of hydrogen-bond donors (Lipinski definition) is 3. The van der Waals surface area contributed by atoms with Gasteiger partial charge in [0.25, 0.3) is 5.91 Å². The molecular formula is C23H19N3O3. The number of para-hydroxylation sites is 1. The standard InChI is InChI=1S/C23H19N3O3/c1-14(16-11-12-24-19(27)13-16)25-23(29)20-17-9-5-6-10-18(17)26-21(22(20)28)15-7-3-2-4-8-15/h2-14,28H,1H3,(H,24,27)(H,25,29). The van der Waals surface area contributed by atoms with Crippen LogP contribution in [0.2, 0.25) is 0 Å². The van der Waals surface area contributed by atoms with Crippen molar-refractivity contribution in [2.75, 3.05) is 0 Å². The number of hydrogen-bond acceptors (Lipinski definition) is 4. The van der Waals surface area contributed by atoms with E-state index in [2.05, 4.69) is 15.3 Å². The zero-order valence-corrected chi connectivity index (χ0v) is 15.7. The van der Waals surface area contributed by atoms with Crippen LogP contribution in [-0.2, 0) is 0 Å². The highest BCUT2D eigenvalue weighted by molar-refractivity contribution is 6.10. The molecule has 1 unspecified atom stereocenters. The molecule has 3 N–H and O–H groups in total. The quantitative estimate of drug-likeness (QED) is 0.498. The van der Waals surface area contributed by atoms with Crippen molar-refractivity contribution in [2.45, 2.75) is 13.0 Å². The maximum Gasteiger partial charge on any atom is 0.256 e. The Hall–Kier alpha value is -3.93. The Morgan fingerprint density at radius 3 is 2.55 bits per heavy atom. The number of fused-ring (bicyclic) bond motifs is 1. The number of carbonyl (C=O) groups is 1. The zero-order valence-electron chi connectivity index (χ0n) is 15.7. The molecule has 0 saturated carbocycles. The van der Waals surface area contributed by atoms with E-state index in [1.165, 1.54) is 12.3 Å². The lowest BCUT2D eigenvalue weighted by atomic mass is 10.0. The van der Waals surface area contributed by atoms with Gasteiger partial charge in [-0.25, -0.2) is 4.98 Å². The average Bonchev–Trinajstić information content (AvgIpc) is 2.73. The minimum Gasteiger partial charge on any atom is -0.505 e. The van der Waals surface area contributed by atoms with Crippen molar-refractivity contribution in [2.24, 2.45) is 0 Å². The topological polar surface area (TPSA) is 95.1 Å². The third-order valence-electron chi connectivity index (χ3n) is 4.79. The van der Waals surface area contributed by atoms with Gasteiger partial charge < -0.3 is 15.4 Å². The SMILES string of the molecule is CC(NC(=O)c1c(O)c(-c2ccccc2)nc2ccccc12)c1cc[nH]c(=O)c1. The van der Waals surface area contributed by atoms with Gasteiger partial charge >= 0.3 is 0 Å². The molecule has 0 aliphatic rings. The fourth-order valence-corrected chi connectivity index (χ4v) is 3.31. The molecule has 4 aromatic rings. The molecule has 2 aromatic heterocycles. The number of amides is 1. The molecule has 0 fully saturated rings. The summed E-state index contributed by atoms with van der Waals surface area (Å²) in [5.41, 5.74) is 2.25. The Bertz CT molecular complexity index is 1250. The maximum atomic E-state index is 13.1. The molecule has 0 aliphatic heterocycles. The monoisotopic (exact) mass is 385 g/mol. The Morgan fingerprint density at radius 1 is 1.07 bits per heavy atom. The summed E-state index contributed by atoms with van der Waals surface area (Å²) < 4.78 is 0. The second-order valence-electron chi connectivity index (χ2n) is 6.75. The second kappa shape index (κ2) is 7.59. The fourth-order valence-electron chi connectivity index (χ4n) is 3.31. The van der Waals surface area contributed by atoms with Gasteiger partial charge in [-0.05, 0) is 24.6 Å². The molecule has 29 heavy (non-hydrogen) atoms. The van der Waals surface area contributed by atoms with Crippen molar-refractivity contribution in [3.8, 4) is 17.0 Å². The van der Waals surface area contributed by atoms with E-state index in [1.54, 1.807) is 31.2 Å². The summed E-state index contributed by atoms with van der Waals surface area (Å²) in [7, 11) is 0. The van der Waals surface area contributed by atoms with Crippen LogP contribution in [0.15, 0.2) is 77.7 Å². The van der Waals surface area contributed by atoms with E-state index in [0.29, 0.717) is 27.7 Å². The van der Waals surface area contributed by atoms with Crippen molar-refractivity contribution >= 4 is 16.8 Å². The van der Waals surface area contributed by atoms with Crippen molar-refractivity contribution in [3.63, 3.8) is 0 Å². The van der Waals surface area contributed by atoms with Crippen molar-refractivity contribution < 1.29 is 9.90 Å². The lowest BCUT2D eigenvalue weighted by molar-refractivity contribution is 0.0939. The first kappa shape index (κ1) is 18.4. The number of aromatic hydroxyl groups is 1. The third-order valence-corrected chi connectivity index (χ3v) is 4.79. The summed E-state index contributed by atoms with van der Waals surface area (Å²) in [5, 5.41) is 14.4. The van der Waals surface area contributed by atoms with Gasteiger partial charge in [-0.2, -0.15) is 0 Å². The van der Waals surface area contributed by atoms with Crippen LogP contribution in [0.4, 0.5) is 0 Å². The van der Waals surface area contributed by atoms with E-state index in [9.17, 15) is 14.7 Å². The molecular weight excluding hydrogens is 366 g/mol. The van der Waals surface area contributed by atoms with E-state index in [0.717, 1.165) is 0 Å². The largest absolute Gasteiger partial charge is 0.505 e. The molecule has 6 nitrogen and oxygen atoms in total. The molecule has 2 heterocycles. The Kier molecular flexibility index (Phi) is 4.83. The van der Waals surface area contributed by atoms with E-state index in [-0.39, 0.29) is 16.9 Å². The molecule has 0 radical (unpaired) electrons. The van der Waals surface area contributed by atoms with Crippen molar-refractivity contribution in [1.29, 1.82) is 0 Å². The summed E-state index contributed by atoms with van der Waals surface area (Å²) in [6, 6.07) is 19.2. The first-order valence-electron chi connectivity index (χ1n) is 9.21. The zero-order chi connectivity index (χ0) is 20.4. The number of aromatic amines is 1. The molecule has 0 spiro atoms. The molecule has 0 saturated heterocycles. The van der Waals surface area contributed by atoms with Gasteiger partial charge in [0.05, 0.1) is 17.1 Å². The lowest BCUT2D eigenvalue weighted by Gasteiger charge is -2.17. The van der Waals surface area contributed by atoms with Crippen LogP contribution in [0.1, 0.15) is 28.9 Å². The van der Waals surface area contributed by atoms with Crippen LogP contribution in [0.5, 0.6) is 5.75 Å². The molecule has 6 heteroatoms. The van der Waals surface area contributed by atoms with Gasteiger partial charge in [0.15, 0.2) is 5.75 Å². The number of nitrogens with zero attached hydrogens (tertiary/aromatic N) is 1. The minimum absolute atomic E-state index is 0.158. The van der Waals surface area contributed by atoms with Crippen LogP contribution in [0.3, 0.4) is 0 Å². The summed E-state index contributed by atoms with van der Waals surface area (Å²) in [6.07, 6.45) is 1.53.